The van der Waals surface area contributed by atoms with Crippen LogP contribution < -0.4 is 10.1 Å². The van der Waals surface area contributed by atoms with Crippen molar-refractivity contribution in [1.82, 2.24) is 24.9 Å². The Morgan fingerprint density at radius 2 is 1.98 bits per heavy atom. The van der Waals surface area contributed by atoms with E-state index in [1.807, 2.05) is 44.2 Å². The van der Waals surface area contributed by atoms with Gasteiger partial charge in [0.2, 0.25) is 5.91 Å². The molecule has 2 aliphatic heterocycles. The maximum Gasteiger partial charge on any atom is 0.257 e. The van der Waals surface area contributed by atoms with Crippen LogP contribution in [0.1, 0.15) is 57.3 Å². The number of rotatable bonds is 3. The minimum Gasteiger partial charge on any atom is -0.457 e. The standard InChI is InChI=1S/C31H37N5O5/c1-5-12-36-16-25(21(3)33-36)31(39)35-13-11-27-26(17-35)32-29(37)18-34(4)30(38)23-10-9-20(2)28(15-23)41-24-8-6-7-22(14-24)19-40-27/h6-10,14-16,26-27H,5,11-13,17-19H2,1-4H3,(H,32,37)/t26-,27+/m0/s1. The minimum absolute atomic E-state index is 0.114. The maximum atomic E-state index is 13.5. The van der Waals surface area contributed by atoms with Gasteiger partial charge in [0.1, 0.15) is 11.5 Å². The van der Waals surface area contributed by atoms with E-state index in [0.29, 0.717) is 47.9 Å². The number of likely N-dealkylation sites (tertiary alicyclic amines) is 1. The fraction of sp³-hybridized carbons (Fsp3) is 0.419. The fourth-order valence-corrected chi connectivity index (χ4v) is 5.33. The number of likely N-dealkylation sites (N-methyl/N-ethyl adjacent to an activating group) is 1. The van der Waals surface area contributed by atoms with Crippen LogP contribution in [-0.4, -0.2) is 76.1 Å². The van der Waals surface area contributed by atoms with E-state index in [-0.39, 0.29) is 36.9 Å². The first-order valence-corrected chi connectivity index (χ1v) is 14.1. The smallest absolute Gasteiger partial charge is 0.257 e. The van der Waals surface area contributed by atoms with Crippen molar-refractivity contribution in [2.24, 2.45) is 0 Å². The number of benzene rings is 2. The highest BCUT2D eigenvalue weighted by atomic mass is 16.5. The first-order valence-electron chi connectivity index (χ1n) is 14.1. The number of carbonyl (C=O) groups is 3. The van der Waals surface area contributed by atoms with Crippen molar-refractivity contribution in [2.75, 3.05) is 26.7 Å². The minimum atomic E-state index is -0.451. The molecule has 1 aromatic heterocycles. The summed E-state index contributed by atoms with van der Waals surface area (Å²) < 4.78 is 14.3. The summed E-state index contributed by atoms with van der Waals surface area (Å²) in [4.78, 5) is 43.0. The van der Waals surface area contributed by atoms with E-state index in [9.17, 15) is 14.4 Å². The molecule has 2 aromatic carbocycles. The van der Waals surface area contributed by atoms with Crippen molar-refractivity contribution in [2.45, 2.75) is 58.9 Å². The molecule has 3 aromatic rings. The molecule has 0 radical (unpaired) electrons. The van der Waals surface area contributed by atoms with Crippen LogP contribution in [-0.2, 0) is 22.7 Å². The van der Waals surface area contributed by atoms with Gasteiger partial charge in [-0.05, 0) is 62.1 Å². The normalized spacial score (nSPS) is 19.8. The van der Waals surface area contributed by atoms with E-state index in [4.69, 9.17) is 9.47 Å². The lowest BCUT2D eigenvalue weighted by Crippen LogP contribution is -2.58. The highest BCUT2D eigenvalue weighted by molar-refractivity contribution is 5.97. The van der Waals surface area contributed by atoms with Gasteiger partial charge in [0, 0.05) is 38.4 Å². The maximum absolute atomic E-state index is 13.5. The number of ether oxygens (including phenoxy) is 2. The molecule has 4 bridgehead atoms. The van der Waals surface area contributed by atoms with Crippen LogP contribution in [0.15, 0.2) is 48.7 Å². The van der Waals surface area contributed by atoms with Crippen LogP contribution in [0.5, 0.6) is 11.5 Å². The summed E-state index contributed by atoms with van der Waals surface area (Å²) in [6.45, 7) is 7.52. The lowest BCUT2D eigenvalue weighted by Gasteiger charge is -2.39. The molecule has 2 atom stereocenters. The van der Waals surface area contributed by atoms with E-state index < -0.39 is 6.04 Å². The predicted molar refractivity (Wildman–Crippen MR) is 153 cm³/mol. The van der Waals surface area contributed by atoms with E-state index in [2.05, 4.69) is 17.3 Å². The fourth-order valence-electron chi connectivity index (χ4n) is 5.33. The Labute approximate surface area is 240 Å². The number of hydrogen-bond donors (Lipinski definition) is 1. The zero-order chi connectivity index (χ0) is 29.1. The van der Waals surface area contributed by atoms with Crippen LogP contribution in [0.3, 0.4) is 0 Å². The summed E-state index contributed by atoms with van der Waals surface area (Å²) in [6, 6.07) is 12.5. The Balaban J connectivity index is 1.40. The third kappa shape index (κ3) is 6.43. The summed E-state index contributed by atoms with van der Waals surface area (Å²) >= 11 is 0. The highest BCUT2D eigenvalue weighted by Crippen LogP contribution is 2.28. The van der Waals surface area contributed by atoms with Crippen molar-refractivity contribution in [3.63, 3.8) is 0 Å². The van der Waals surface area contributed by atoms with Gasteiger partial charge in [0.15, 0.2) is 0 Å². The van der Waals surface area contributed by atoms with Crippen LogP contribution in [0, 0.1) is 13.8 Å². The van der Waals surface area contributed by atoms with E-state index in [0.717, 1.165) is 24.1 Å². The second-order valence-corrected chi connectivity index (χ2v) is 10.8. The van der Waals surface area contributed by atoms with Crippen LogP contribution in [0.25, 0.3) is 0 Å². The molecule has 10 heteroatoms. The van der Waals surface area contributed by atoms with Gasteiger partial charge < -0.3 is 24.6 Å². The van der Waals surface area contributed by atoms with Crippen molar-refractivity contribution in [3.05, 3.63) is 76.6 Å². The second kappa shape index (κ2) is 12.1. The van der Waals surface area contributed by atoms with Gasteiger partial charge >= 0.3 is 0 Å². The Hall–Kier alpha value is -4.18. The Morgan fingerprint density at radius 3 is 2.78 bits per heavy atom. The summed E-state index contributed by atoms with van der Waals surface area (Å²) in [5, 5.41) is 7.53. The van der Waals surface area contributed by atoms with Crippen LogP contribution in [0.4, 0.5) is 0 Å². The number of hydrogen-bond acceptors (Lipinski definition) is 6. The van der Waals surface area contributed by atoms with Gasteiger partial charge in [-0.2, -0.15) is 5.10 Å². The summed E-state index contributed by atoms with van der Waals surface area (Å²) in [6.07, 6.45) is 2.95. The molecule has 3 amide bonds. The van der Waals surface area contributed by atoms with Crippen LogP contribution in [0.2, 0.25) is 0 Å². The molecule has 216 valence electrons. The molecule has 0 spiro atoms. The molecular weight excluding hydrogens is 522 g/mol. The van der Waals surface area contributed by atoms with Crippen molar-refractivity contribution < 1.29 is 23.9 Å². The van der Waals surface area contributed by atoms with E-state index >= 15 is 0 Å². The predicted octanol–water partition coefficient (Wildman–Crippen LogP) is 3.70. The average Bonchev–Trinajstić information content (AvgIpc) is 3.32. The van der Waals surface area contributed by atoms with Crippen LogP contribution >= 0.6 is 0 Å². The number of nitrogens with zero attached hydrogens (tertiary/aromatic N) is 4. The molecule has 5 rings (SSSR count). The second-order valence-electron chi connectivity index (χ2n) is 10.8. The average molecular weight is 560 g/mol. The molecule has 3 heterocycles. The quantitative estimate of drug-likeness (QED) is 0.525. The third-order valence-electron chi connectivity index (χ3n) is 7.57. The number of piperidine rings is 1. The highest BCUT2D eigenvalue weighted by Gasteiger charge is 2.35. The summed E-state index contributed by atoms with van der Waals surface area (Å²) in [5.74, 6) is 0.490. The first kappa shape index (κ1) is 28.4. The van der Waals surface area contributed by atoms with Gasteiger partial charge in [-0.15, -0.1) is 0 Å². The SMILES string of the molecule is CCCn1cc(C(=O)N2CC[C@H]3OCc4cccc(c4)Oc4cc(ccc4C)C(=O)N(C)CC(=O)N[C@H]3C2)c(C)n1. The molecule has 1 fully saturated rings. The molecular formula is C31H37N5O5. The van der Waals surface area contributed by atoms with Crippen molar-refractivity contribution in [1.29, 1.82) is 0 Å². The Morgan fingerprint density at radius 1 is 1.15 bits per heavy atom. The molecule has 2 aliphatic rings. The van der Waals surface area contributed by atoms with E-state index in [1.54, 1.807) is 35.0 Å². The van der Waals surface area contributed by atoms with E-state index in [1.165, 1.54) is 4.90 Å². The van der Waals surface area contributed by atoms with Gasteiger partial charge in [-0.25, -0.2) is 0 Å². The molecule has 0 unspecified atom stereocenters. The number of nitrogens with one attached hydrogen (secondary N) is 1. The zero-order valence-electron chi connectivity index (χ0n) is 24.1. The molecule has 1 saturated heterocycles. The Kier molecular flexibility index (Phi) is 8.39. The number of carbonyl (C=O) groups excluding carboxylic acids is 3. The number of aromatic nitrogens is 2. The van der Waals surface area contributed by atoms with Gasteiger partial charge in [0.25, 0.3) is 11.8 Å². The Bertz CT molecular complexity index is 1450. The molecule has 1 N–H and O–H groups in total. The zero-order valence-corrected chi connectivity index (χ0v) is 24.1. The van der Waals surface area contributed by atoms with Gasteiger partial charge in [-0.1, -0.05) is 25.1 Å². The monoisotopic (exact) mass is 559 g/mol. The number of amides is 3. The molecule has 10 nitrogen and oxygen atoms in total. The van der Waals surface area contributed by atoms with Crippen molar-refractivity contribution in [3.8, 4) is 11.5 Å². The first-order chi connectivity index (χ1) is 19.7. The molecule has 0 saturated carbocycles. The van der Waals surface area contributed by atoms with Gasteiger partial charge in [-0.3, -0.25) is 19.1 Å². The number of aryl methyl sites for hydroxylation is 3. The lowest BCUT2D eigenvalue weighted by atomic mass is 10.0. The largest absolute Gasteiger partial charge is 0.457 e. The lowest BCUT2D eigenvalue weighted by molar-refractivity contribution is -0.124. The van der Waals surface area contributed by atoms with Gasteiger partial charge in [0.05, 0.1) is 36.6 Å². The summed E-state index contributed by atoms with van der Waals surface area (Å²) in [5.41, 5.74) is 3.49. The third-order valence-corrected chi connectivity index (χ3v) is 7.57. The summed E-state index contributed by atoms with van der Waals surface area (Å²) in [7, 11) is 1.59. The molecule has 0 aliphatic carbocycles. The van der Waals surface area contributed by atoms with Crippen molar-refractivity contribution >= 4 is 17.7 Å². The molecule has 41 heavy (non-hydrogen) atoms. The number of fused-ring (bicyclic) bond motifs is 5. The topological polar surface area (TPSA) is 106 Å².